The number of carbonyl (C=O) groups is 1. The molecular weight excluding hydrogens is 540 g/mol. The Kier molecular flexibility index (Phi) is 8.25. The number of amides is 1. The van der Waals surface area contributed by atoms with Crippen molar-refractivity contribution >= 4 is 34.3 Å². The van der Waals surface area contributed by atoms with Gasteiger partial charge in [0, 0.05) is 44.9 Å². The number of carbonyl (C=O) groups excluding carboxylic acids is 1. The van der Waals surface area contributed by atoms with Gasteiger partial charge < -0.3 is 19.3 Å². The normalized spacial score (nSPS) is 13.2. The summed E-state index contributed by atoms with van der Waals surface area (Å²) >= 11 is 0. The lowest BCUT2D eigenvalue weighted by molar-refractivity contribution is -0.247. The highest BCUT2D eigenvalue weighted by Gasteiger charge is 2.57. The molecule has 0 bridgehead atoms. The number of fused-ring (bicyclic) bond motifs is 1. The number of ether oxygens (including phenoxy) is 1. The van der Waals surface area contributed by atoms with Crippen molar-refractivity contribution in [2.45, 2.75) is 11.8 Å². The van der Waals surface area contributed by atoms with Gasteiger partial charge in [-0.2, -0.15) is 13.2 Å². The van der Waals surface area contributed by atoms with Crippen LogP contribution in [0.1, 0.15) is 27.0 Å². The number of hydrogen-bond donors (Lipinski definition) is 2. The second-order valence-corrected chi connectivity index (χ2v) is 9.61. The Labute approximate surface area is 234 Å². The summed E-state index contributed by atoms with van der Waals surface area (Å²) in [5, 5.41) is 12.8. The van der Waals surface area contributed by atoms with Gasteiger partial charge in [-0.3, -0.25) is 9.80 Å². The molecule has 0 radical (unpaired) electrons. The SMILES string of the molecule is C=Cc1cc(C(O)(c2cn(C)c3c(C(=O)N(C)CCOC)cccc23)C(F)(F)F)ccc1N(N)c1ccc(F)cc1. The van der Waals surface area contributed by atoms with E-state index in [1.165, 1.54) is 89.4 Å². The zero-order valence-electron chi connectivity index (χ0n) is 22.7. The molecule has 0 saturated heterocycles. The van der Waals surface area contributed by atoms with Crippen LogP contribution >= 0.6 is 0 Å². The van der Waals surface area contributed by atoms with Gasteiger partial charge in [-0.05, 0) is 53.6 Å². The van der Waals surface area contributed by atoms with Crippen LogP contribution in [0.2, 0.25) is 0 Å². The van der Waals surface area contributed by atoms with E-state index >= 15 is 0 Å². The lowest BCUT2D eigenvalue weighted by atomic mass is 9.84. The van der Waals surface area contributed by atoms with E-state index in [2.05, 4.69) is 6.58 Å². The van der Waals surface area contributed by atoms with Crippen molar-refractivity contribution in [3.05, 3.63) is 102 Å². The molecule has 1 atom stereocenters. The second kappa shape index (κ2) is 11.4. The number of hydrazine groups is 1. The number of rotatable bonds is 9. The molecule has 0 aliphatic heterocycles. The van der Waals surface area contributed by atoms with Crippen LogP contribution < -0.4 is 10.9 Å². The minimum atomic E-state index is -5.16. The number of aliphatic hydroxyl groups is 1. The first-order chi connectivity index (χ1) is 19.3. The number of nitrogens with zero attached hydrogens (tertiary/aromatic N) is 3. The maximum atomic E-state index is 14.9. The molecule has 4 rings (SSSR count). The zero-order valence-corrected chi connectivity index (χ0v) is 22.7. The maximum absolute atomic E-state index is 14.9. The topological polar surface area (TPSA) is 84.0 Å². The predicted octanol–water partition coefficient (Wildman–Crippen LogP) is 5.49. The minimum absolute atomic E-state index is 0.0642. The number of alkyl halides is 3. The Morgan fingerprint density at radius 3 is 2.44 bits per heavy atom. The van der Waals surface area contributed by atoms with Gasteiger partial charge in [0.2, 0.25) is 5.60 Å². The van der Waals surface area contributed by atoms with Crippen molar-refractivity contribution in [3.63, 3.8) is 0 Å². The molecule has 0 spiro atoms. The molecule has 3 N–H and O–H groups in total. The van der Waals surface area contributed by atoms with E-state index in [0.29, 0.717) is 5.69 Å². The van der Waals surface area contributed by atoms with Crippen LogP contribution in [-0.2, 0) is 17.4 Å². The predicted molar refractivity (Wildman–Crippen MR) is 150 cm³/mol. The Bertz CT molecular complexity index is 1580. The lowest BCUT2D eigenvalue weighted by Crippen LogP contribution is -2.43. The number of nitrogens with two attached hydrogens (primary N) is 1. The summed E-state index contributed by atoms with van der Waals surface area (Å²) in [6.07, 6.45) is -2.66. The van der Waals surface area contributed by atoms with Crippen molar-refractivity contribution < 1.29 is 32.2 Å². The molecule has 11 heteroatoms. The summed E-state index contributed by atoms with van der Waals surface area (Å²) in [5.74, 6) is 5.33. The van der Waals surface area contributed by atoms with Crippen molar-refractivity contribution in [2.75, 3.05) is 32.3 Å². The van der Waals surface area contributed by atoms with Crippen molar-refractivity contribution in [1.29, 1.82) is 0 Å². The number of benzene rings is 3. The minimum Gasteiger partial charge on any atom is -0.383 e. The van der Waals surface area contributed by atoms with Gasteiger partial charge >= 0.3 is 6.18 Å². The molecule has 0 fully saturated rings. The summed E-state index contributed by atoms with van der Waals surface area (Å²) in [4.78, 5) is 14.6. The Morgan fingerprint density at radius 1 is 1.15 bits per heavy atom. The number of hydrogen-bond acceptors (Lipinski definition) is 5. The highest BCUT2D eigenvalue weighted by atomic mass is 19.4. The highest BCUT2D eigenvalue weighted by Crippen LogP contribution is 2.48. The van der Waals surface area contributed by atoms with E-state index in [1.54, 1.807) is 7.05 Å². The number of halogens is 4. The highest BCUT2D eigenvalue weighted by molar-refractivity contribution is 6.07. The Hall–Kier alpha value is -4.19. The number of anilines is 2. The number of aryl methyl sites for hydroxylation is 1. The van der Waals surface area contributed by atoms with Crippen LogP contribution in [0.25, 0.3) is 17.0 Å². The number of para-hydroxylation sites is 1. The van der Waals surface area contributed by atoms with Crippen molar-refractivity contribution in [3.8, 4) is 0 Å². The fraction of sp³-hybridized carbons (Fsp3) is 0.233. The third-order valence-corrected chi connectivity index (χ3v) is 7.04. The summed E-state index contributed by atoms with van der Waals surface area (Å²) in [6.45, 7) is 4.27. The van der Waals surface area contributed by atoms with Crippen LogP contribution in [0, 0.1) is 5.82 Å². The molecule has 0 aliphatic rings. The van der Waals surface area contributed by atoms with E-state index in [-0.39, 0.29) is 40.9 Å². The molecule has 0 aliphatic carbocycles. The second-order valence-electron chi connectivity index (χ2n) is 9.61. The van der Waals surface area contributed by atoms with E-state index in [9.17, 15) is 27.5 Å². The van der Waals surface area contributed by atoms with Crippen LogP contribution in [0.3, 0.4) is 0 Å². The van der Waals surface area contributed by atoms with Gasteiger partial charge in [0.15, 0.2) is 0 Å². The molecular formula is C30H30F4N4O3. The third-order valence-electron chi connectivity index (χ3n) is 7.04. The van der Waals surface area contributed by atoms with Crippen molar-refractivity contribution in [1.82, 2.24) is 9.47 Å². The smallest absolute Gasteiger partial charge is 0.383 e. The molecule has 3 aromatic carbocycles. The average Bonchev–Trinajstić information content (AvgIpc) is 3.30. The fourth-order valence-electron chi connectivity index (χ4n) is 4.84. The molecule has 0 saturated carbocycles. The number of methoxy groups -OCH3 is 1. The summed E-state index contributed by atoms with van der Waals surface area (Å²) < 4.78 is 64.5. The quantitative estimate of drug-likeness (QED) is 0.158. The monoisotopic (exact) mass is 570 g/mol. The molecule has 1 aromatic heterocycles. The van der Waals surface area contributed by atoms with Gasteiger partial charge in [0.25, 0.3) is 5.91 Å². The zero-order chi connectivity index (χ0) is 30.1. The first kappa shape index (κ1) is 29.8. The maximum Gasteiger partial charge on any atom is 0.425 e. The number of aromatic nitrogens is 1. The van der Waals surface area contributed by atoms with Gasteiger partial charge in [-0.25, -0.2) is 10.2 Å². The lowest BCUT2D eigenvalue weighted by Gasteiger charge is -2.32. The Balaban J connectivity index is 1.87. The molecule has 41 heavy (non-hydrogen) atoms. The molecule has 4 aromatic rings. The van der Waals surface area contributed by atoms with Crippen LogP contribution in [0.4, 0.5) is 28.9 Å². The van der Waals surface area contributed by atoms with Gasteiger partial charge in [0.1, 0.15) is 5.82 Å². The molecule has 1 amide bonds. The van der Waals surface area contributed by atoms with Crippen LogP contribution in [-0.4, -0.2) is 54.0 Å². The van der Waals surface area contributed by atoms with Crippen molar-refractivity contribution in [2.24, 2.45) is 12.9 Å². The third kappa shape index (κ3) is 5.31. The van der Waals surface area contributed by atoms with E-state index in [4.69, 9.17) is 10.6 Å². The van der Waals surface area contributed by atoms with Gasteiger partial charge in [-0.1, -0.05) is 30.9 Å². The van der Waals surface area contributed by atoms with Gasteiger partial charge in [0.05, 0.1) is 29.1 Å². The molecule has 1 heterocycles. The summed E-state index contributed by atoms with van der Waals surface area (Å²) in [6, 6.07) is 13.3. The van der Waals surface area contributed by atoms with E-state index in [0.717, 1.165) is 12.1 Å². The number of likely N-dealkylation sites (N-methyl/N-ethyl adjacent to an activating group) is 1. The summed E-state index contributed by atoms with van der Waals surface area (Å²) in [5.41, 5.74) is -3.08. The molecule has 216 valence electrons. The van der Waals surface area contributed by atoms with Crippen LogP contribution in [0.15, 0.2) is 73.4 Å². The Morgan fingerprint density at radius 2 is 1.83 bits per heavy atom. The van der Waals surface area contributed by atoms with Crippen LogP contribution in [0.5, 0.6) is 0 Å². The molecule has 1 unspecified atom stereocenters. The van der Waals surface area contributed by atoms with Gasteiger partial charge in [-0.15, -0.1) is 0 Å². The average molecular weight is 571 g/mol. The first-order valence-electron chi connectivity index (χ1n) is 12.5. The standard InChI is InChI=1S/C30H30F4N4O3/c1-5-19-17-20(9-14-26(19)38(35)22-12-10-21(31)11-13-22)29(40,30(32,33)34)25-18-37(3)27-23(25)7-6-8-24(27)28(39)36(2)15-16-41-4/h5-14,17-18,40H,1,15-16,35H2,2-4H3. The van der Waals surface area contributed by atoms with E-state index < -0.39 is 34.6 Å². The first-order valence-corrected chi connectivity index (χ1v) is 12.5. The largest absolute Gasteiger partial charge is 0.425 e. The fourth-order valence-corrected chi connectivity index (χ4v) is 4.84. The van der Waals surface area contributed by atoms with E-state index in [1.807, 2.05) is 0 Å². The molecule has 7 nitrogen and oxygen atoms in total. The summed E-state index contributed by atoms with van der Waals surface area (Å²) in [7, 11) is 4.58.